The first-order valence-corrected chi connectivity index (χ1v) is 9.42. The topological polar surface area (TPSA) is 111 Å². The highest BCUT2D eigenvalue weighted by Crippen LogP contribution is 2.31. The van der Waals surface area contributed by atoms with E-state index >= 15 is 0 Å². The zero-order chi connectivity index (χ0) is 22.1. The molecule has 1 amide bonds. The lowest BCUT2D eigenvalue weighted by molar-refractivity contribution is -0.137. The molecule has 2 N–H and O–H groups in total. The third-order valence-corrected chi connectivity index (χ3v) is 4.31. The Bertz CT molecular complexity index is 910. The van der Waals surface area contributed by atoms with Crippen molar-refractivity contribution >= 4 is 17.8 Å². The fraction of sp³-hybridized carbons (Fsp3) is 0.318. The molecule has 0 spiro atoms. The Kier molecular flexibility index (Phi) is 8.22. The Morgan fingerprint density at radius 3 is 2.33 bits per heavy atom. The maximum Gasteiger partial charge on any atom is 0.338 e. The molecular weight excluding hydrogens is 390 g/mol. The van der Waals surface area contributed by atoms with Gasteiger partial charge in [-0.15, -0.1) is 0 Å². The highest BCUT2D eigenvalue weighted by Gasteiger charge is 2.23. The first-order chi connectivity index (χ1) is 14.4. The second-order valence-corrected chi connectivity index (χ2v) is 6.42. The van der Waals surface area contributed by atoms with Crippen LogP contribution in [0.25, 0.3) is 0 Å². The Morgan fingerprint density at radius 2 is 1.73 bits per heavy atom. The van der Waals surface area contributed by atoms with Gasteiger partial charge < -0.3 is 24.6 Å². The number of nitrogens with one attached hydrogen (secondary N) is 1. The summed E-state index contributed by atoms with van der Waals surface area (Å²) in [6, 6.07) is 10.3. The number of benzene rings is 2. The predicted molar refractivity (Wildman–Crippen MR) is 109 cm³/mol. The van der Waals surface area contributed by atoms with Gasteiger partial charge in [-0.25, -0.2) is 4.79 Å². The molecule has 1 unspecified atom stereocenters. The molecule has 2 rings (SSSR count). The van der Waals surface area contributed by atoms with Gasteiger partial charge in [0.1, 0.15) is 0 Å². The first kappa shape index (κ1) is 22.7. The maximum atomic E-state index is 12.8. The van der Waals surface area contributed by atoms with Crippen LogP contribution in [0.4, 0.5) is 0 Å². The van der Waals surface area contributed by atoms with Gasteiger partial charge in [-0.1, -0.05) is 25.1 Å². The summed E-state index contributed by atoms with van der Waals surface area (Å²) < 4.78 is 15.7. The molecule has 0 aliphatic carbocycles. The number of rotatable bonds is 10. The van der Waals surface area contributed by atoms with Crippen LogP contribution in [-0.4, -0.2) is 43.8 Å². The fourth-order valence-corrected chi connectivity index (χ4v) is 2.86. The van der Waals surface area contributed by atoms with Gasteiger partial charge >= 0.3 is 11.9 Å². The zero-order valence-electron chi connectivity index (χ0n) is 17.1. The summed E-state index contributed by atoms with van der Waals surface area (Å²) in [5.41, 5.74) is 0.712. The number of carboxylic acid groups (broad SMARTS) is 1. The standard InChI is InChI=1S/C22H25NO7/c1-4-11-30-18-10-9-14(12-19(18)28-2)17(13-20(24)25)23-21(26)15-7-5-6-8-16(15)22(27)29-3/h5-10,12,17H,4,11,13H2,1-3H3,(H,23,26)(H,24,25). The molecule has 0 fully saturated rings. The Hall–Kier alpha value is -3.55. The van der Waals surface area contributed by atoms with Crippen LogP contribution in [0.15, 0.2) is 42.5 Å². The Morgan fingerprint density at radius 1 is 1.03 bits per heavy atom. The van der Waals surface area contributed by atoms with Crippen molar-refractivity contribution in [2.24, 2.45) is 0 Å². The van der Waals surface area contributed by atoms with Crippen LogP contribution in [0.3, 0.4) is 0 Å². The van der Waals surface area contributed by atoms with Gasteiger partial charge in [-0.3, -0.25) is 9.59 Å². The highest BCUT2D eigenvalue weighted by molar-refractivity contribution is 6.05. The number of hydrogen-bond donors (Lipinski definition) is 2. The molecule has 160 valence electrons. The second-order valence-electron chi connectivity index (χ2n) is 6.42. The number of esters is 1. The molecule has 0 saturated carbocycles. The second kappa shape index (κ2) is 10.8. The molecule has 1 atom stereocenters. The van der Waals surface area contributed by atoms with Gasteiger partial charge in [0, 0.05) is 0 Å². The molecule has 8 nitrogen and oxygen atoms in total. The summed E-state index contributed by atoms with van der Waals surface area (Å²) in [5, 5.41) is 12.0. The van der Waals surface area contributed by atoms with Gasteiger partial charge in [-0.2, -0.15) is 0 Å². The van der Waals surface area contributed by atoms with Gasteiger partial charge in [0.2, 0.25) is 0 Å². The summed E-state index contributed by atoms with van der Waals surface area (Å²) in [4.78, 5) is 36.2. The van der Waals surface area contributed by atoms with Crippen LogP contribution in [-0.2, 0) is 9.53 Å². The van der Waals surface area contributed by atoms with Crippen molar-refractivity contribution < 1.29 is 33.7 Å². The van der Waals surface area contributed by atoms with E-state index in [0.717, 1.165) is 6.42 Å². The number of carboxylic acids is 1. The third kappa shape index (κ3) is 5.73. The van der Waals surface area contributed by atoms with Crippen molar-refractivity contribution in [3.63, 3.8) is 0 Å². The molecule has 0 aliphatic rings. The molecule has 0 saturated heterocycles. The van der Waals surface area contributed by atoms with Crippen molar-refractivity contribution in [3.8, 4) is 11.5 Å². The Balaban J connectivity index is 2.34. The van der Waals surface area contributed by atoms with E-state index in [4.69, 9.17) is 14.2 Å². The lowest BCUT2D eigenvalue weighted by Crippen LogP contribution is -2.31. The van der Waals surface area contributed by atoms with E-state index in [1.54, 1.807) is 30.3 Å². The maximum absolute atomic E-state index is 12.8. The number of ether oxygens (including phenoxy) is 3. The average Bonchev–Trinajstić information content (AvgIpc) is 2.76. The minimum absolute atomic E-state index is 0.0902. The van der Waals surface area contributed by atoms with E-state index in [-0.39, 0.29) is 17.5 Å². The summed E-state index contributed by atoms with van der Waals surface area (Å²) in [5.74, 6) is -1.38. The smallest absolute Gasteiger partial charge is 0.338 e. The van der Waals surface area contributed by atoms with E-state index in [9.17, 15) is 19.5 Å². The van der Waals surface area contributed by atoms with Crippen LogP contribution in [0, 0.1) is 0 Å². The van der Waals surface area contributed by atoms with Crippen molar-refractivity contribution in [2.75, 3.05) is 20.8 Å². The van der Waals surface area contributed by atoms with Crippen LogP contribution in [0.2, 0.25) is 0 Å². The monoisotopic (exact) mass is 415 g/mol. The highest BCUT2D eigenvalue weighted by atomic mass is 16.5. The average molecular weight is 415 g/mol. The minimum Gasteiger partial charge on any atom is -0.493 e. The normalized spacial score (nSPS) is 11.3. The quantitative estimate of drug-likeness (QED) is 0.573. The molecule has 0 heterocycles. The number of carbonyl (C=O) groups is 3. The first-order valence-electron chi connectivity index (χ1n) is 9.42. The van der Waals surface area contributed by atoms with Crippen LogP contribution < -0.4 is 14.8 Å². The van der Waals surface area contributed by atoms with Gasteiger partial charge in [-0.05, 0) is 36.2 Å². The number of carbonyl (C=O) groups excluding carboxylic acids is 2. The minimum atomic E-state index is -1.09. The predicted octanol–water partition coefficient (Wildman–Crippen LogP) is 3.22. The van der Waals surface area contributed by atoms with E-state index in [1.165, 1.54) is 26.4 Å². The third-order valence-electron chi connectivity index (χ3n) is 4.31. The van der Waals surface area contributed by atoms with Crippen molar-refractivity contribution in [1.29, 1.82) is 0 Å². The van der Waals surface area contributed by atoms with Gasteiger partial charge in [0.05, 0.1) is 44.4 Å². The fourth-order valence-electron chi connectivity index (χ4n) is 2.86. The molecule has 0 aromatic heterocycles. The van der Waals surface area contributed by atoms with Gasteiger partial charge in [0.15, 0.2) is 11.5 Å². The number of aliphatic carboxylic acids is 1. The van der Waals surface area contributed by atoms with Crippen molar-refractivity contribution in [2.45, 2.75) is 25.8 Å². The number of methoxy groups -OCH3 is 2. The van der Waals surface area contributed by atoms with Crippen LogP contribution in [0.5, 0.6) is 11.5 Å². The van der Waals surface area contributed by atoms with E-state index in [0.29, 0.717) is 23.7 Å². The number of amides is 1. The van der Waals surface area contributed by atoms with Crippen molar-refractivity contribution in [1.82, 2.24) is 5.32 Å². The SMILES string of the molecule is CCCOc1ccc(C(CC(=O)O)NC(=O)c2ccccc2C(=O)OC)cc1OC. The molecule has 0 bridgehead atoms. The lowest BCUT2D eigenvalue weighted by Gasteiger charge is -2.20. The Labute approximate surface area is 174 Å². The van der Waals surface area contributed by atoms with Crippen LogP contribution in [0.1, 0.15) is 52.1 Å². The summed E-state index contributed by atoms with van der Waals surface area (Å²) in [7, 11) is 2.70. The summed E-state index contributed by atoms with van der Waals surface area (Å²) >= 11 is 0. The summed E-state index contributed by atoms with van der Waals surface area (Å²) in [6.07, 6.45) is 0.465. The molecule has 0 radical (unpaired) electrons. The molecule has 0 aliphatic heterocycles. The zero-order valence-corrected chi connectivity index (χ0v) is 17.1. The van der Waals surface area contributed by atoms with E-state index in [1.807, 2.05) is 6.92 Å². The molecule has 8 heteroatoms. The van der Waals surface area contributed by atoms with E-state index in [2.05, 4.69) is 5.32 Å². The molecular formula is C22H25NO7. The van der Waals surface area contributed by atoms with Crippen molar-refractivity contribution in [3.05, 3.63) is 59.2 Å². The van der Waals surface area contributed by atoms with E-state index < -0.39 is 23.9 Å². The largest absolute Gasteiger partial charge is 0.493 e. The summed E-state index contributed by atoms with van der Waals surface area (Å²) in [6.45, 7) is 2.49. The molecule has 30 heavy (non-hydrogen) atoms. The molecule has 2 aromatic carbocycles. The number of hydrogen-bond acceptors (Lipinski definition) is 6. The van der Waals surface area contributed by atoms with Gasteiger partial charge in [0.25, 0.3) is 5.91 Å². The molecule has 2 aromatic rings. The lowest BCUT2D eigenvalue weighted by atomic mass is 10.0. The van der Waals surface area contributed by atoms with Crippen LogP contribution >= 0.6 is 0 Å².